The number of piperazine rings is 1. The summed E-state index contributed by atoms with van der Waals surface area (Å²) >= 11 is 0. The molecule has 7 heteroatoms. The van der Waals surface area contributed by atoms with Crippen LogP contribution < -0.4 is 4.90 Å². The quantitative estimate of drug-likeness (QED) is 0.499. The summed E-state index contributed by atoms with van der Waals surface area (Å²) in [4.78, 5) is 6.24. The maximum absolute atomic E-state index is 14.2. The van der Waals surface area contributed by atoms with Gasteiger partial charge in [-0.2, -0.15) is 4.31 Å². The lowest BCUT2D eigenvalue weighted by atomic mass is 10.0. The molecule has 2 fully saturated rings. The topological polar surface area (TPSA) is 53.5 Å². The fourth-order valence-electron chi connectivity index (χ4n) is 4.19. The van der Waals surface area contributed by atoms with Crippen molar-refractivity contribution in [2.24, 2.45) is 0 Å². The summed E-state index contributed by atoms with van der Waals surface area (Å²) < 4.78 is 40.6. The number of nitrogens with zero attached hydrogens (tertiary/aromatic N) is 3. The van der Waals surface area contributed by atoms with E-state index in [-0.39, 0.29) is 11.1 Å². The summed E-state index contributed by atoms with van der Waals surface area (Å²) in [7, 11) is -3.09. The van der Waals surface area contributed by atoms with E-state index < -0.39 is 10.0 Å². The number of pyridine rings is 1. The molecule has 1 aliphatic heterocycles. The lowest BCUT2D eigenvalue weighted by molar-refractivity contribution is 0.384. The average Bonchev–Trinajstić information content (AvgIpc) is 3.70. The lowest BCUT2D eigenvalue weighted by Crippen LogP contribution is -2.49. The first kappa shape index (κ1) is 21.8. The summed E-state index contributed by atoms with van der Waals surface area (Å²) in [6.07, 6.45) is 8.88. The van der Waals surface area contributed by atoms with Crippen molar-refractivity contribution in [3.8, 4) is 11.1 Å². The highest BCUT2D eigenvalue weighted by Crippen LogP contribution is 2.32. The molecular weight excluding hydrogens is 437 g/mol. The number of benzene rings is 2. The molecule has 1 saturated carbocycles. The summed E-state index contributed by atoms with van der Waals surface area (Å²) in [6.45, 7) is 2.48. The molecule has 0 spiro atoms. The van der Waals surface area contributed by atoms with Gasteiger partial charge < -0.3 is 4.90 Å². The second kappa shape index (κ2) is 9.08. The van der Waals surface area contributed by atoms with Gasteiger partial charge in [-0.05, 0) is 77.6 Å². The summed E-state index contributed by atoms with van der Waals surface area (Å²) in [5.74, 6) is -0.276. The highest BCUT2D eigenvalue weighted by Gasteiger charge is 2.40. The van der Waals surface area contributed by atoms with Gasteiger partial charge in [-0.25, -0.2) is 12.8 Å². The molecule has 170 valence electrons. The number of rotatable bonds is 6. The second-order valence-electron chi connectivity index (χ2n) is 8.56. The zero-order chi connectivity index (χ0) is 22.8. The van der Waals surface area contributed by atoms with Crippen LogP contribution in [0.3, 0.4) is 0 Å². The Hall–Kier alpha value is -3.03. The third-order valence-corrected chi connectivity index (χ3v) is 8.60. The van der Waals surface area contributed by atoms with Gasteiger partial charge in [0.25, 0.3) is 0 Å². The molecule has 1 saturated heterocycles. The monoisotopic (exact) mass is 463 g/mol. The smallest absolute Gasteiger partial charge is 0.217 e. The van der Waals surface area contributed by atoms with E-state index in [4.69, 9.17) is 0 Å². The molecule has 0 amide bonds. The van der Waals surface area contributed by atoms with Crippen molar-refractivity contribution < 1.29 is 12.8 Å². The van der Waals surface area contributed by atoms with Crippen molar-refractivity contribution in [2.45, 2.75) is 18.1 Å². The zero-order valence-corrected chi connectivity index (χ0v) is 19.1. The van der Waals surface area contributed by atoms with Gasteiger partial charge in [0.15, 0.2) is 0 Å². The molecule has 0 bridgehead atoms. The summed E-state index contributed by atoms with van der Waals surface area (Å²) in [6, 6.07) is 16.9. The number of halogens is 1. The predicted octanol–water partition coefficient (Wildman–Crippen LogP) is 4.67. The zero-order valence-electron chi connectivity index (χ0n) is 18.3. The minimum Gasteiger partial charge on any atom is -0.369 e. The molecule has 2 aromatic carbocycles. The van der Waals surface area contributed by atoms with Gasteiger partial charge in [0.05, 0.1) is 5.25 Å². The standard InChI is InChI=1S/C26H26FN3O2S/c27-24-18-21(17-23(19-24)22-9-11-28-12-10-22)2-1-20-3-5-25(6-4-20)29-13-15-30(16-14-29)33(31,32)26-7-8-26/h1-6,9-12,17-19,26H,7-8,13-16H2. The normalized spacial score (nSPS) is 17.5. The summed E-state index contributed by atoms with van der Waals surface area (Å²) in [5, 5.41) is -0.144. The van der Waals surface area contributed by atoms with Gasteiger partial charge in [-0.1, -0.05) is 24.3 Å². The third kappa shape index (κ3) is 4.99. The Labute approximate surface area is 194 Å². The molecule has 2 heterocycles. The lowest BCUT2D eigenvalue weighted by Gasteiger charge is -2.35. The molecule has 0 atom stereocenters. The van der Waals surface area contributed by atoms with Crippen molar-refractivity contribution in [3.63, 3.8) is 0 Å². The molecule has 2 aliphatic rings. The van der Waals surface area contributed by atoms with Gasteiger partial charge in [0, 0.05) is 44.3 Å². The third-order valence-electron chi connectivity index (χ3n) is 6.20. The number of anilines is 1. The van der Waals surface area contributed by atoms with Crippen LogP contribution in [-0.4, -0.2) is 49.1 Å². The van der Waals surface area contributed by atoms with Crippen LogP contribution in [0.1, 0.15) is 24.0 Å². The fourth-order valence-corrected chi connectivity index (χ4v) is 6.01. The average molecular weight is 464 g/mol. The number of hydrogen-bond acceptors (Lipinski definition) is 4. The molecule has 1 aliphatic carbocycles. The van der Waals surface area contributed by atoms with Crippen molar-refractivity contribution in [3.05, 3.63) is 83.9 Å². The molecule has 1 aromatic heterocycles. The molecule has 5 nitrogen and oxygen atoms in total. The molecule has 0 unspecified atom stereocenters. The second-order valence-corrected chi connectivity index (χ2v) is 10.8. The number of sulfonamides is 1. The minimum atomic E-state index is -3.09. The van der Waals surface area contributed by atoms with E-state index in [2.05, 4.69) is 22.0 Å². The molecule has 33 heavy (non-hydrogen) atoms. The first-order valence-corrected chi connectivity index (χ1v) is 12.7. The van der Waals surface area contributed by atoms with Gasteiger partial charge in [-0.3, -0.25) is 4.98 Å². The molecule has 0 N–H and O–H groups in total. The van der Waals surface area contributed by atoms with E-state index >= 15 is 0 Å². The van der Waals surface area contributed by atoms with Crippen LogP contribution in [0.25, 0.3) is 23.3 Å². The van der Waals surface area contributed by atoms with E-state index in [1.165, 1.54) is 12.1 Å². The Morgan fingerprint density at radius 2 is 1.48 bits per heavy atom. The number of aromatic nitrogens is 1. The van der Waals surface area contributed by atoms with E-state index in [0.29, 0.717) is 26.2 Å². The van der Waals surface area contributed by atoms with E-state index in [1.807, 2.05) is 42.5 Å². The first-order valence-electron chi connectivity index (χ1n) is 11.2. The predicted molar refractivity (Wildman–Crippen MR) is 131 cm³/mol. The van der Waals surface area contributed by atoms with Gasteiger partial charge in [0.1, 0.15) is 5.82 Å². The summed E-state index contributed by atoms with van der Waals surface area (Å²) in [5.41, 5.74) is 4.63. The maximum atomic E-state index is 14.2. The molecule has 3 aromatic rings. The first-order chi connectivity index (χ1) is 16.0. The highest BCUT2D eigenvalue weighted by atomic mass is 32.2. The van der Waals surface area contributed by atoms with Crippen molar-refractivity contribution in [1.82, 2.24) is 9.29 Å². The largest absolute Gasteiger partial charge is 0.369 e. The fraction of sp³-hybridized carbons (Fsp3) is 0.269. The minimum absolute atomic E-state index is 0.144. The van der Waals surface area contributed by atoms with Crippen LogP contribution in [0.2, 0.25) is 0 Å². The highest BCUT2D eigenvalue weighted by molar-refractivity contribution is 7.90. The van der Waals surface area contributed by atoms with Crippen LogP contribution in [0.4, 0.5) is 10.1 Å². The van der Waals surface area contributed by atoms with E-state index in [0.717, 1.165) is 40.8 Å². The van der Waals surface area contributed by atoms with Crippen LogP contribution in [-0.2, 0) is 10.0 Å². The Morgan fingerprint density at radius 1 is 0.818 bits per heavy atom. The Balaban J connectivity index is 1.24. The van der Waals surface area contributed by atoms with Crippen molar-refractivity contribution in [1.29, 1.82) is 0 Å². The van der Waals surface area contributed by atoms with Gasteiger partial charge >= 0.3 is 0 Å². The van der Waals surface area contributed by atoms with Crippen molar-refractivity contribution in [2.75, 3.05) is 31.1 Å². The molecule has 5 rings (SSSR count). The molecular formula is C26H26FN3O2S. The van der Waals surface area contributed by atoms with E-state index in [9.17, 15) is 12.8 Å². The van der Waals surface area contributed by atoms with Crippen molar-refractivity contribution >= 4 is 27.9 Å². The van der Waals surface area contributed by atoms with Crippen LogP contribution >= 0.6 is 0 Å². The Morgan fingerprint density at radius 3 is 2.15 bits per heavy atom. The Bertz CT molecular complexity index is 1250. The van der Waals surface area contributed by atoms with Gasteiger partial charge in [-0.15, -0.1) is 0 Å². The van der Waals surface area contributed by atoms with Crippen LogP contribution in [0.15, 0.2) is 67.0 Å². The van der Waals surface area contributed by atoms with Crippen LogP contribution in [0.5, 0.6) is 0 Å². The van der Waals surface area contributed by atoms with Gasteiger partial charge in [0.2, 0.25) is 10.0 Å². The van der Waals surface area contributed by atoms with Crippen LogP contribution in [0, 0.1) is 5.82 Å². The molecule has 0 radical (unpaired) electrons. The Kier molecular flexibility index (Phi) is 6.00. The maximum Gasteiger partial charge on any atom is 0.217 e. The van der Waals surface area contributed by atoms with E-state index in [1.54, 1.807) is 16.7 Å². The number of hydrogen-bond donors (Lipinski definition) is 0. The SMILES string of the molecule is O=S(=O)(C1CC1)N1CCN(c2ccc(C=Cc3cc(F)cc(-c4ccncc4)c3)cc2)CC1.